The molecule has 0 aliphatic carbocycles. The first-order valence-corrected chi connectivity index (χ1v) is 9.93. The average molecular weight is 433 g/mol. The fourth-order valence-electron chi connectivity index (χ4n) is 3.58. The first-order valence-electron chi connectivity index (χ1n) is 9.11. The Bertz CT molecular complexity index is 789. The van der Waals surface area contributed by atoms with Crippen molar-refractivity contribution in [2.75, 3.05) is 6.54 Å². The molecule has 160 valence electrons. The molecule has 2 rings (SSSR count). The van der Waals surface area contributed by atoms with E-state index in [4.69, 9.17) is 5.73 Å². The van der Waals surface area contributed by atoms with Gasteiger partial charge in [-0.05, 0) is 25.8 Å². The molecule has 1 saturated heterocycles. The third kappa shape index (κ3) is 4.34. The molecule has 1 fully saturated rings. The summed E-state index contributed by atoms with van der Waals surface area (Å²) in [5, 5.41) is 8.62. The van der Waals surface area contributed by atoms with Crippen LogP contribution in [0.3, 0.4) is 0 Å². The van der Waals surface area contributed by atoms with Gasteiger partial charge in [-0.3, -0.25) is 4.79 Å². The topological polar surface area (TPSA) is 97.5 Å². The minimum atomic E-state index is -5.14. The van der Waals surface area contributed by atoms with Crippen LogP contribution in [0.1, 0.15) is 32.3 Å². The van der Waals surface area contributed by atoms with Crippen LogP contribution in [0.15, 0.2) is 30.3 Å². The lowest BCUT2D eigenvalue weighted by Crippen LogP contribution is -2.67. The maximum absolute atomic E-state index is 14.0. The molecule has 2 amide bonds. The Hall–Kier alpha value is -1.91. The molecule has 0 bridgehead atoms. The predicted molar refractivity (Wildman–Crippen MR) is 102 cm³/mol. The lowest BCUT2D eigenvalue weighted by atomic mass is 10.1. The third-order valence-electron chi connectivity index (χ3n) is 5.44. The third-order valence-corrected chi connectivity index (χ3v) is 6.76. The zero-order chi connectivity index (χ0) is 22.0. The Labute approximate surface area is 170 Å². The van der Waals surface area contributed by atoms with E-state index in [0.29, 0.717) is 25.3 Å². The van der Waals surface area contributed by atoms with Crippen LogP contribution in [-0.2, 0) is 16.0 Å². The molecule has 10 heteroatoms. The molecule has 1 heterocycles. The molecule has 1 aromatic rings. The molecule has 1 aliphatic rings. The fraction of sp³-hybridized carbons (Fsp3) is 0.526. The van der Waals surface area contributed by atoms with Crippen LogP contribution in [0.2, 0.25) is 0 Å². The summed E-state index contributed by atoms with van der Waals surface area (Å²) >= 11 is -0.223. The van der Waals surface area contributed by atoms with Crippen LogP contribution >= 0.6 is 11.8 Å². The van der Waals surface area contributed by atoms with Gasteiger partial charge in [0.05, 0.1) is 12.6 Å². The molecule has 6 nitrogen and oxygen atoms in total. The summed E-state index contributed by atoms with van der Waals surface area (Å²) in [6, 6.07) is 6.43. The second kappa shape index (κ2) is 8.45. The number of likely N-dealkylation sites (tertiary alicyclic amines) is 1. The van der Waals surface area contributed by atoms with Gasteiger partial charge in [-0.15, -0.1) is 0 Å². The summed E-state index contributed by atoms with van der Waals surface area (Å²) in [6.07, 6.45) is -6.17. The zero-order valence-corrected chi connectivity index (χ0v) is 16.9. The van der Waals surface area contributed by atoms with Crippen LogP contribution in [0.5, 0.6) is 0 Å². The van der Waals surface area contributed by atoms with Crippen molar-refractivity contribution < 1.29 is 37.1 Å². The Balaban J connectivity index is 2.33. The highest BCUT2D eigenvalue weighted by molar-refractivity contribution is 8.15. The number of carbonyl (C=O) groups excluding carboxylic acids is 2. The summed E-state index contributed by atoms with van der Waals surface area (Å²) < 4.78 is 37.4. The summed E-state index contributed by atoms with van der Waals surface area (Å²) in [6.45, 7) is 1.76. The lowest BCUT2D eigenvalue weighted by Gasteiger charge is -2.37. The van der Waals surface area contributed by atoms with Crippen molar-refractivity contribution in [2.45, 2.75) is 56.1 Å². The van der Waals surface area contributed by atoms with Gasteiger partial charge in [-0.2, -0.15) is 22.4 Å². The summed E-state index contributed by atoms with van der Waals surface area (Å²) in [7, 11) is 0. The number of quaternary nitrogens is 1. The van der Waals surface area contributed by atoms with E-state index in [1.165, 1.54) is 6.92 Å². The number of nitrogens with zero attached hydrogens (tertiary/aromatic N) is 1. The minimum absolute atomic E-state index is 0.00410. The van der Waals surface area contributed by atoms with Crippen molar-refractivity contribution in [1.29, 1.82) is 0 Å². The van der Waals surface area contributed by atoms with E-state index in [9.17, 15) is 32.7 Å². The Morgan fingerprint density at radius 3 is 2.31 bits per heavy atom. The molecule has 29 heavy (non-hydrogen) atoms. The zero-order valence-electron chi connectivity index (χ0n) is 16.1. The summed E-state index contributed by atoms with van der Waals surface area (Å²) in [4.78, 5) is 37.5. The molecular formula is C19H24F3N2O4S+. The van der Waals surface area contributed by atoms with E-state index in [1.807, 2.05) is 0 Å². The SMILES string of the molecule is C[C@@H]1CCC[N+]1(C(=O)O)C(=O)C(C)(SC(=O)[C@@H](N)Cc1ccccc1)C(F)(F)F. The number of carbonyl (C=O) groups is 3. The van der Waals surface area contributed by atoms with Crippen molar-refractivity contribution in [3.05, 3.63) is 35.9 Å². The van der Waals surface area contributed by atoms with Crippen molar-refractivity contribution in [3.8, 4) is 0 Å². The van der Waals surface area contributed by atoms with Gasteiger partial charge in [0.15, 0.2) is 0 Å². The van der Waals surface area contributed by atoms with Crippen molar-refractivity contribution >= 4 is 28.9 Å². The molecule has 0 aromatic heterocycles. The van der Waals surface area contributed by atoms with E-state index >= 15 is 0 Å². The normalized spacial score (nSPS) is 25.2. The number of halogens is 3. The van der Waals surface area contributed by atoms with Gasteiger partial charge < -0.3 is 10.8 Å². The van der Waals surface area contributed by atoms with Crippen LogP contribution in [0.25, 0.3) is 0 Å². The summed E-state index contributed by atoms with van der Waals surface area (Å²) in [5.74, 6) is -1.55. The van der Waals surface area contributed by atoms with Gasteiger partial charge in [0.1, 0.15) is 6.04 Å². The Kier molecular flexibility index (Phi) is 6.81. The molecule has 1 aromatic carbocycles. The Morgan fingerprint density at radius 1 is 1.28 bits per heavy atom. The van der Waals surface area contributed by atoms with Crippen LogP contribution < -0.4 is 5.73 Å². The van der Waals surface area contributed by atoms with Gasteiger partial charge >= 0.3 is 18.2 Å². The number of amides is 2. The van der Waals surface area contributed by atoms with Crippen LogP contribution in [-0.4, -0.2) is 56.3 Å². The molecule has 1 aliphatic heterocycles. The standard InChI is InChI=1S/C19H23F3N2O4S/c1-12-7-6-10-24(12,17(27)28)16(26)18(2,19(20,21)22)29-15(25)14(23)11-13-8-4-3-5-9-13/h3-5,8-9,12,14H,6-7,10-11,23H2,1-2H3/p+1/t12-,14+,18?,24?/m1/s1. The number of nitrogens with two attached hydrogens (primary N) is 1. The van der Waals surface area contributed by atoms with Crippen molar-refractivity contribution in [2.24, 2.45) is 5.73 Å². The van der Waals surface area contributed by atoms with Crippen LogP contribution in [0, 0.1) is 0 Å². The number of hydrogen-bond acceptors (Lipinski definition) is 5. The van der Waals surface area contributed by atoms with Crippen LogP contribution in [0.4, 0.5) is 18.0 Å². The smallest absolute Gasteiger partial charge is 0.435 e. The van der Waals surface area contributed by atoms with Crippen molar-refractivity contribution in [3.63, 3.8) is 0 Å². The lowest BCUT2D eigenvalue weighted by molar-refractivity contribution is -0.794. The van der Waals surface area contributed by atoms with Gasteiger partial charge in [0.2, 0.25) is 9.86 Å². The van der Waals surface area contributed by atoms with Gasteiger partial charge in [-0.1, -0.05) is 42.1 Å². The maximum atomic E-state index is 14.0. The minimum Gasteiger partial charge on any atom is -0.435 e. The fourth-order valence-corrected chi connectivity index (χ4v) is 4.58. The molecular weight excluding hydrogens is 409 g/mol. The number of carboxylic acid groups (broad SMARTS) is 1. The largest absolute Gasteiger partial charge is 0.521 e. The molecule has 2 unspecified atom stereocenters. The summed E-state index contributed by atoms with van der Waals surface area (Å²) in [5.41, 5.74) is 6.47. The molecule has 0 radical (unpaired) electrons. The quantitative estimate of drug-likeness (QED) is 0.692. The number of hydrogen-bond donors (Lipinski definition) is 2. The Morgan fingerprint density at radius 2 is 1.86 bits per heavy atom. The predicted octanol–water partition coefficient (Wildman–Crippen LogP) is 3.34. The highest BCUT2D eigenvalue weighted by Gasteiger charge is 2.69. The van der Waals surface area contributed by atoms with E-state index in [2.05, 4.69) is 0 Å². The highest BCUT2D eigenvalue weighted by Crippen LogP contribution is 2.47. The van der Waals surface area contributed by atoms with E-state index in [1.54, 1.807) is 30.3 Å². The van der Waals surface area contributed by atoms with E-state index in [-0.39, 0.29) is 24.7 Å². The highest BCUT2D eigenvalue weighted by atomic mass is 32.2. The van der Waals surface area contributed by atoms with Crippen molar-refractivity contribution in [1.82, 2.24) is 0 Å². The van der Waals surface area contributed by atoms with E-state index in [0.717, 1.165) is 0 Å². The second-order valence-electron chi connectivity index (χ2n) is 7.42. The maximum Gasteiger partial charge on any atom is 0.521 e. The van der Waals surface area contributed by atoms with Gasteiger partial charge in [0, 0.05) is 12.8 Å². The van der Waals surface area contributed by atoms with Gasteiger partial charge in [-0.25, -0.2) is 4.79 Å². The molecule has 4 atom stereocenters. The monoisotopic (exact) mass is 433 g/mol. The number of alkyl halides is 3. The number of imide groups is 1. The van der Waals surface area contributed by atoms with Gasteiger partial charge in [0.25, 0.3) is 0 Å². The average Bonchev–Trinajstić information content (AvgIpc) is 3.03. The number of thioether (sulfide) groups is 1. The number of benzene rings is 1. The first kappa shape index (κ1) is 23.4. The first-order chi connectivity index (χ1) is 13.4. The molecule has 0 spiro atoms. The molecule has 0 saturated carbocycles. The second-order valence-corrected chi connectivity index (χ2v) is 8.84. The van der Waals surface area contributed by atoms with E-state index < -0.39 is 44.6 Å². The number of rotatable bonds is 5. The molecule has 3 N–H and O–H groups in total.